The molecule has 1 aliphatic carbocycles. The zero-order valence-electron chi connectivity index (χ0n) is 14.1. The Morgan fingerprint density at radius 1 is 1.28 bits per heavy atom. The Labute approximate surface area is 146 Å². The van der Waals surface area contributed by atoms with Crippen molar-refractivity contribution in [3.63, 3.8) is 0 Å². The molecule has 0 radical (unpaired) electrons. The van der Waals surface area contributed by atoms with Crippen LogP contribution in [0.4, 0.5) is 0 Å². The van der Waals surface area contributed by atoms with Crippen molar-refractivity contribution in [2.24, 2.45) is 4.99 Å². The van der Waals surface area contributed by atoms with Crippen LogP contribution >= 0.6 is 0 Å². The number of aromatic nitrogens is 1. The van der Waals surface area contributed by atoms with Gasteiger partial charge >= 0.3 is 0 Å². The first-order valence-corrected chi connectivity index (χ1v) is 8.75. The summed E-state index contributed by atoms with van der Waals surface area (Å²) in [5.74, 6) is 1.90. The number of aliphatic imine (C=N–C) groups is 1. The first-order chi connectivity index (χ1) is 12.2. The van der Waals surface area contributed by atoms with Crippen molar-refractivity contribution in [3.05, 3.63) is 58.9 Å². The fourth-order valence-corrected chi connectivity index (χ4v) is 4.11. The van der Waals surface area contributed by atoms with Crippen LogP contribution in [0.15, 0.2) is 41.5 Å². The van der Waals surface area contributed by atoms with Crippen molar-refractivity contribution in [1.29, 1.82) is 0 Å². The van der Waals surface area contributed by atoms with E-state index in [0.29, 0.717) is 24.8 Å². The second-order valence-corrected chi connectivity index (χ2v) is 6.96. The second kappa shape index (κ2) is 5.15. The highest BCUT2D eigenvalue weighted by Crippen LogP contribution is 2.48. The number of nitrogens with one attached hydrogen (secondary N) is 1. The van der Waals surface area contributed by atoms with E-state index in [2.05, 4.69) is 21.4 Å². The standard InChI is InChI=1S/C20H19N3O2/c1-21-18-13-11-22-16(12-6-7-12)10-15(13)20(19(24)23-18)8-9-25-17-5-3-2-4-14(17)20/h2-5,10-12H,6-9H2,1H3,(H,21,23,24)/t20-/m0/s1. The molecular formula is C20H19N3O2. The predicted molar refractivity (Wildman–Crippen MR) is 94.1 cm³/mol. The van der Waals surface area contributed by atoms with Crippen molar-refractivity contribution in [2.45, 2.75) is 30.6 Å². The lowest BCUT2D eigenvalue weighted by molar-refractivity contribution is -0.125. The van der Waals surface area contributed by atoms with Gasteiger partial charge in [0.25, 0.3) is 0 Å². The molecule has 1 atom stereocenters. The van der Waals surface area contributed by atoms with Crippen LogP contribution < -0.4 is 10.1 Å². The third-order valence-corrected chi connectivity index (χ3v) is 5.56. The zero-order valence-corrected chi connectivity index (χ0v) is 14.1. The van der Waals surface area contributed by atoms with Gasteiger partial charge in [-0.25, -0.2) is 0 Å². The summed E-state index contributed by atoms with van der Waals surface area (Å²) in [4.78, 5) is 22.2. The molecule has 0 saturated heterocycles. The quantitative estimate of drug-likeness (QED) is 0.872. The Kier molecular flexibility index (Phi) is 3.02. The topological polar surface area (TPSA) is 63.6 Å². The van der Waals surface area contributed by atoms with Crippen LogP contribution in [0.2, 0.25) is 0 Å². The average molecular weight is 333 g/mol. The van der Waals surface area contributed by atoms with Gasteiger partial charge in [0.2, 0.25) is 5.91 Å². The Balaban J connectivity index is 1.81. The van der Waals surface area contributed by atoms with E-state index in [1.54, 1.807) is 7.05 Å². The fourth-order valence-electron chi connectivity index (χ4n) is 4.11. The van der Waals surface area contributed by atoms with Crippen molar-refractivity contribution >= 4 is 11.7 Å². The van der Waals surface area contributed by atoms with Crippen molar-refractivity contribution in [1.82, 2.24) is 10.3 Å². The average Bonchev–Trinajstić information content (AvgIpc) is 3.50. The molecule has 2 aromatic rings. The third kappa shape index (κ3) is 1.98. The molecule has 1 fully saturated rings. The normalized spacial score (nSPS) is 26.0. The molecule has 0 bridgehead atoms. The molecule has 126 valence electrons. The third-order valence-electron chi connectivity index (χ3n) is 5.56. The van der Waals surface area contributed by atoms with Crippen molar-refractivity contribution in [2.75, 3.05) is 13.7 Å². The number of hydrogen-bond donors (Lipinski definition) is 1. The van der Waals surface area contributed by atoms with E-state index >= 15 is 0 Å². The van der Waals surface area contributed by atoms with Gasteiger partial charge in [0.15, 0.2) is 0 Å². The first kappa shape index (κ1) is 14.6. The van der Waals surface area contributed by atoms with Gasteiger partial charge in [0.05, 0.1) is 6.61 Å². The molecule has 1 saturated carbocycles. The van der Waals surface area contributed by atoms with Gasteiger partial charge in [0.1, 0.15) is 17.0 Å². The van der Waals surface area contributed by atoms with Crippen LogP contribution in [-0.4, -0.2) is 30.4 Å². The highest BCUT2D eigenvalue weighted by atomic mass is 16.5. The Bertz CT molecular complexity index is 917. The monoisotopic (exact) mass is 333 g/mol. The number of pyridine rings is 1. The summed E-state index contributed by atoms with van der Waals surface area (Å²) in [5, 5.41) is 3.00. The minimum Gasteiger partial charge on any atom is -0.493 e. The van der Waals surface area contributed by atoms with Crippen LogP contribution in [-0.2, 0) is 10.2 Å². The SMILES string of the molecule is CN=C1NC(=O)[C@]2(CCOc3ccccc32)c2cc(C3CC3)ncc21. The number of nitrogens with zero attached hydrogens (tertiary/aromatic N) is 2. The Morgan fingerprint density at radius 3 is 2.92 bits per heavy atom. The molecule has 5 heteroatoms. The summed E-state index contributed by atoms with van der Waals surface area (Å²) < 4.78 is 5.83. The maximum atomic E-state index is 13.3. The minimum absolute atomic E-state index is 0.0238. The molecule has 1 N–H and O–H groups in total. The van der Waals surface area contributed by atoms with Crippen LogP contribution in [0.3, 0.4) is 0 Å². The summed E-state index contributed by atoms with van der Waals surface area (Å²) in [6.45, 7) is 0.517. The van der Waals surface area contributed by atoms with Crippen molar-refractivity contribution < 1.29 is 9.53 Å². The lowest BCUT2D eigenvalue weighted by Crippen LogP contribution is -2.55. The van der Waals surface area contributed by atoms with Gasteiger partial charge in [-0.1, -0.05) is 18.2 Å². The molecule has 1 spiro atoms. The van der Waals surface area contributed by atoms with Gasteiger partial charge in [-0.05, 0) is 30.5 Å². The van der Waals surface area contributed by atoms with Gasteiger partial charge in [-0.2, -0.15) is 0 Å². The number of amides is 1. The highest BCUT2D eigenvalue weighted by Gasteiger charge is 2.51. The summed E-state index contributed by atoms with van der Waals surface area (Å²) in [6, 6.07) is 9.99. The number of fused-ring (bicyclic) bond motifs is 4. The molecule has 5 rings (SSSR count). The molecule has 3 heterocycles. The molecule has 1 aromatic heterocycles. The lowest BCUT2D eigenvalue weighted by atomic mass is 9.67. The summed E-state index contributed by atoms with van der Waals surface area (Å²) in [6.07, 6.45) is 4.86. The molecule has 1 amide bonds. The lowest BCUT2D eigenvalue weighted by Gasteiger charge is -2.42. The molecule has 1 aromatic carbocycles. The predicted octanol–water partition coefficient (Wildman–Crippen LogP) is 2.53. The number of amidine groups is 1. The summed E-state index contributed by atoms with van der Waals surface area (Å²) in [5.41, 5.74) is 3.23. The summed E-state index contributed by atoms with van der Waals surface area (Å²) in [7, 11) is 1.70. The van der Waals surface area contributed by atoms with E-state index in [1.807, 2.05) is 30.5 Å². The largest absolute Gasteiger partial charge is 0.493 e. The van der Waals surface area contributed by atoms with Crippen LogP contribution in [0, 0.1) is 0 Å². The number of hydrogen-bond acceptors (Lipinski definition) is 4. The van der Waals surface area contributed by atoms with E-state index in [4.69, 9.17) is 4.74 Å². The smallest absolute Gasteiger partial charge is 0.240 e. The fraction of sp³-hybridized carbons (Fsp3) is 0.350. The van der Waals surface area contributed by atoms with Crippen LogP contribution in [0.1, 0.15) is 47.6 Å². The Morgan fingerprint density at radius 2 is 2.12 bits per heavy atom. The van der Waals surface area contributed by atoms with E-state index in [-0.39, 0.29) is 5.91 Å². The van der Waals surface area contributed by atoms with Crippen LogP contribution in [0.25, 0.3) is 0 Å². The summed E-state index contributed by atoms with van der Waals surface area (Å²) >= 11 is 0. The molecule has 2 aliphatic heterocycles. The first-order valence-electron chi connectivity index (χ1n) is 8.75. The molecule has 0 unspecified atom stereocenters. The number of para-hydroxylation sites is 1. The maximum absolute atomic E-state index is 13.3. The zero-order chi connectivity index (χ0) is 17.0. The van der Waals surface area contributed by atoms with E-state index in [9.17, 15) is 4.79 Å². The van der Waals surface area contributed by atoms with Gasteiger partial charge in [0, 0.05) is 42.4 Å². The minimum atomic E-state index is -0.731. The van der Waals surface area contributed by atoms with Gasteiger partial charge < -0.3 is 10.1 Å². The maximum Gasteiger partial charge on any atom is 0.240 e. The molecular weight excluding hydrogens is 314 g/mol. The van der Waals surface area contributed by atoms with Crippen LogP contribution in [0.5, 0.6) is 5.75 Å². The number of ether oxygens (including phenoxy) is 1. The molecule has 5 nitrogen and oxygen atoms in total. The molecule has 3 aliphatic rings. The number of carbonyl (C=O) groups excluding carboxylic acids is 1. The van der Waals surface area contributed by atoms with Gasteiger partial charge in [-0.15, -0.1) is 0 Å². The van der Waals surface area contributed by atoms with Gasteiger partial charge in [-0.3, -0.25) is 14.8 Å². The highest BCUT2D eigenvalue weighted by molar-refractivity contribution is 6.17. The van der Waals surface area contributed by atoms with E-state index < -0.39 is 5.41 Å². The van der Waals surface area contributed by atoms with E-state index in [0.717, 1.165) is 28.1 Å². The molecule has 25 heavy (non-hydrogen) atoms. The number of benzene rings is 1. The number of rotatable bonds is 1. The number of carbonyl (C=O) groups is 1. The second-order valence-electron chi connectivity index (χ2n) is 6.96. The van der Waals surface area contributed by atoms with E-state index in [1.165, 1.54) is 12.8 Å². The van der Waals surface area contributed by atoms with Crippen molar-refractivity contribution in [3.8, 4) is 5.75 Å². The Hall–Kier alpha value is -2.69.